The van der Waals surface area contributed by atoms with Gasteiger partial charge in [0.25, 0.3) is 0 Å². The molecule has 2 aromatic rings. The summed E-state index contributed by atoms with van der Waals surface area (Å²) >= 11 is 11.9. The van der Waals surface area contributed by atoms with Crippen LogP contribution in [0.3, 0.4) is 0 Å². The second-order valence-corrected chi connectivity index (χ2v) is 7.64. The molecule has 2 rings (SSSR count). The van der Waals surface area contributed by atoms with Crippen LogP contribution in [0.15, 0.2) is 53.8 Å². The number of aromatic hydroxyl groups is 1. The molecule has 0 saturated heterocycles. The SMILES string of the molecule is COCC(=C=CC[C@@H](O)c1ccccc1OCCO)C[C@@H](O)c1cc(Cl)cc(Cl)c1O. The van der Waals surface area contributed by atoms with E-state index in [9.17, 15) is 15.3 Å². The predicted octanol–water partition coefficient (Wildman–Crippen LogP) is 4.35. The van der Waals surface area contributed by atoms with Crippen molar-refractivity contribution in [2.45, 2.75) is 25.0 Å². The Morgan fingerprint density at radius 1 is 1.13 bits per heavy atom. The zero-order valence-electron chi connectivity index (χ0n) is 17.1. The molecule has 0 amide bonds. The topological polar surface area (TPSA) is 99.4 Å². The lowest BCUT2D eigenvalue weighted by Gasteiger charge is -2.15. The van der Waals surface area contributed by atoms with Gasteiger partial charge in [-0.2, -0.15) is 0 Å². The Kier molecular flexibility index (Phi) is 10.4. The Morgan fingerprint density at radius 2 is 1.87 bits per heavy atom. The van der Waals surface area contributed by atoms with Gasteiger partial charge < -0.3 is 29.9 Å². The van der Waals surface area contributed by atoms with Crippen LogP contribution in [0.1, 0.15) is 36.2 Å². The summed E-state index contributed by atoms with van der Waals surface area (Å²) in [5.41, 5.74) is 4.49. The molecule has 4 N–H and O–H groups in total. The van der Waals surface area contributed by atoms with Crippen molar-refractivity contribution in [3.8, 4) is 11.5 Å². The maximum absolute atomic E-state index is 10.6. The Morgan fingerprint density at radius 3 is 2.58 bits per heavy atom. The highest BCUT2D eigenvalue weighted by Gasteiger charge is 2.18. The third-order valence-corrected chi connectivity index (χ3v) is 4.96. The Hall–Kier alpha value is -2.02. The molecule has 0 saturated carbocycles. The number of ether oxygens (including phenoxy) is 2. The van der Waals surface area contributed by atoms with Crippen molar-refractivity contribution in [3.63, 3.8) is 0 Å². The van der Waals surface area contributed by atoms with Crippen molar-refractivity contribution in [2.24, 2.45) is 0 Å². The number of para-hydroxylation sites is 1. The summed E-state index contributed by atoms with van der Waals surface area (Å²) in [7, 11) is 1.52. The Balaban J connectivity index is 2.15. The first-order chi connectivity index (χ1) is 14.9. The number of benzene rings is 2. The Bertz CT molecular complexity index is 924. The highest BCUT2D eigenvalue weighted by atomic mass is 35.5. The zero-order valence-corrected chi connectivity index (χ0v) is 18.6. The van der Waals surface area contributed by atoms with Crippen LogP contribution in [0, 0.1) is 0 Å². The van der Waals surface area contributed by atoms with Crippen LogP contribution >= 0.6 is 23.2 Å². The molecule has 0 aromatic heterocycles. The van der Waals surface area contributed by atoms with Crippen LogP contribution in [0.4, 0.5) is 0 Å². The molecule has 0 aliphatic rings. The van der Waals surface area contributed by atoms with Gasteiger partial charge in [-0.05, 0) is 29.8 Å². The maximum Gasteiger partial charge on any atom is 0.140 e. The molecule has 0 unspecified atom stereocenters. The van der Waals surface area contributed by atoms with Gasteiger partial charge in [0, 0.05) is 36.1 Å². The van der Waals surface area contributed by atoms with Gasteiger partial charge in [-0.1, -0.05) is 41.4 Å². The number of hydrogen-bond acceptors (Lipinski definition) is 6. The number of aliphatic hydroxyl groups excluding tert-OH is 3. The average molecular weight is 469 g/mol. The van der Waals surface area contributed by atoms with Gasteiger partial charge >= 0.3 is 0 Å². The van der Waals surface area contributed by atoms with E-state index in [1.54, 1.807) is 30.3 Å². The molecule has 0 radical (unpaired) electrons. The molecular formula is C23H26Cl2O6. The monoisotopic (exact) mass is 468 g/mol. The standard InChI is InChI=1S/C23H26Cl2O6/c1-30-14-15(11-21(28)18-12-16(24)13-19(25)23(18)29)5-4-7-20(27)17-6-2-3-8-22(17)31-10-9-26/h2-4,6,8,12-13,20-21,26-29H,7,9-11,14H2,1H3/t5?,20-,21-/m1/s1. The fourth-order valence-electron chi connectivity index (χ4n) is 3.00. The van der Waals surface area contributed by atoms with Gasteiger partial charge in [-0.3, -0.25) is 0 Å². The van der Waals surface area contributed by atoms with E-state index in [0.29, 0.717) is 21.9 Å². The van der Waals surface area contributed by atoms with Crippen molar-refractivity contribution in [2.75, 3.05) is 26.9 Å². The predicted molar refractivity (Wildman–Crippen MR) is 120 cm³/mol. The van der Waals surface area contributed by atoms with Gasteiger partial charge in [-0.25, -0.2) is 0 Å². The maximum atomic E-state index is 10.6. The third-order valence-electron chi connectivity index (χ3n) is 4.45. The molecule has 6 nitrogen and oxygen atoms in total. The van der Waals surface area contributed by atoms with E-state index in [0.717, 1.165) is 0 Å². The molecule has 0 aliphatic heterocycles. The first-order valence-electron chi connectivity index (χ1n) is 9.65. The first kappa shape index (κ1) is 25.2. The van der Waals surface area contributed by atoms with Crippen molar-refractivity contribution < 1.29 is 29.9 Å². The summed E-state index contributed by atoms with van der Waals surface area (Å²) in [6.45, 7) is 0.216. The molecular weight excluding hydrogens is 443 g/mol. The number of aliphatic hydroxyl groups is 3. The lowest BCUT2D eigenvalue weighted by molar-refractivity contribution is 0.161. The fraction of sp³-hybridized carbons (Fsp3) is 0.348. The third kappa shape index (κ3) is 7.56. The summed E-state index contributed by atoms with van der Waals surface area (Å²) in [6, 6.07) is 9.90. The number of rotatable bonds is 11. The largest absolute Gasteiger partial charge is 0.506 e. The summed E-state index contributed by atoms with van der Waals surface area (Å²) in [5, 5.41) is 40.5. The highest BCUT2D eigenvalue weighted by Crippen LogP contribution is 2.37. The number of phenolic OH excluding ortho intramolecular Hbond substituents is 1. The molecule has 31 heavy (non-hydrogen) atoms. The van der Waals surface area contributed by atoms with Crippen molar-refractivity contribution >= 4 is 23.2 Å². The smallest absolute Gasteiger partial charge is 0.140 e. The minimum Gasteiger partial charge on any atom is -0.506 e. The average Bonchev–Trinajstić information content (AvgIpc) is 2.74. The van der Waals surface area contributed by atoms with Gasteiger partial charge in [0.15, 0.2) is 0 Å². The van der Waals surface area contributed by atoms with Gasteiger partial charge in [0.2, 0.25) is 0 Å². The summed E-state index contributed by atoms with van der Waals surface area (Å²) in [4.78, 5) is 0. The van der Waals surface area contributed by atoms with Gasteiger partial charge in [0.1, 0.15) is 18.1 Å². The van der Waals surface area contributed by atoms with Crippen LogP contribution in [0.25, 0.3) is 0 Å². The molecule has 2 aromatic carbocycles. The van der Waals surface area contributed by atoms with E-state index in [1.807, 2.05) is 0 Å². The lowest BCUT2D eigenvalue weighted by Crippen LogP contribution is -2.06. The molecule has 2 atom stereocenters. The Labute approximate surface area is 191 Å². The molecule has 0 bridgehead atoms. The van der Waals surface area contributed by atoms with E-state index in [1.165, 1.54) is 19.2 Å². The quantitative estimate of drug-likeness (QED) is 0.366. The van der Waals surface area contributed by atoms with E-state index < -0.39 is 12.2 Å². The van der Waals surface area contributed by atoms with Crippen molar-refractivity contribution in [1.29, 1.82) is 0 Å². The number of hydrogen-bond donors (Lipinski definition) is 4. The second-order valence-electron chi connectivity index (χ2n) is 6.79. The van der Waals surface area contributed by atoms with Crippen molar-refractivity contribution in [1.82, 2.24) is 0 Å². The molecule has 0 fully saturated rings. The zero-order chi connectivity index (χ0) is 22.8. The molecule has 0 heterocycles. The lowest BCUT2D eigenvalue weighted by atomic mass is 10.0. The highest BCUT2D eigenvalue weighted by molar-refractivity contribution is 6.35. The van der Waals surface area contributed by atoms with Crippen LogP contribution < -0.4 is 4.74 Å². The first-order valence-corrected chi connectivity index (χ1v) is 10.4. The number of methoxy groups -OCH3 is 1. The molecule has 0 spiro atoms. The molecule has 168 valence electrons. The normalized spacial score (nSPS) is 12.7. The van der Waals surface area contributed by atoms with E-state index in [4.69, 9.17) is 37.8 Å². The van der Waals surface area contributed by atoms with Crippen LogP contribution in [-0.4, -0.2) is 47.4 Å². The summed E-state index contributed by atoms with van der Waals surface area (Å²) < 4.78 is 10.6. The molecule has 0 aliphatic carbocycles. The van der Waals surface area contributed by atoms with E-state index in [-0.39, 0.29) is 49.0 Å². The number of halogens is 2. The van der Waals surface area contributed by atoms with Crippen LogP contribution in [0.2, 0.25) is 10.0 Å². The van der Waals surface area contributed by atoms with Gasteiger partial charge in [0.05, 0.1) is 30.4 Å². The number of phenols is 1. The summed E-state index contributed by atoms with van der Waals surface area (Å²) in [6.07, 6.45) is 0.115. The van der Waals surface area contributed by atoms with Crippen molar-refractivity contribution in [3.05, 3.63) is 75.0 Å². The molecule has 8 heteroatoms. The minimum atomic E-state index is -1.07. The van der Waals surface area contributed by atoms with Gasteiger partial charge in [-0.15, -0.1) is 5.73 Å². The second kappa shape index (κ2) is 12.7. The minimum absolute atomic E-state index is 0.0552. The van der Waals surface area contributed by atoms with E-state index >= 15 is 0 Å². The van der Waals surface area contributed by atoms with E-state index in [2.05, 4.69) is 5.73 Å². The van der Waals surface area contributed by atoms with Crippen LogP contribution in [0.5, 0.6) is 11.5 Å². The fourth-order valence-corrected chi connectivity index (χ4v) is 3.51. The summed E-state index contributed by atoms with van der Waals surface area (Å²) in [5.74, 6) is 0.275. The van der Waals surface area contributed by atoms with Crippen LogP contribution in [-0.2, 0) is 4.74 Å².